The molecule has 114 valence electrons. The maximum absolute atomic E-state index is 12.8. The van der Waals surface area contributed by atoms with Crippen LogP contribution in [-0.2, 0) is 0 Å². The summed E-state index contributed by atoms with van der Waals surface area (Å²) in [6.07, 6.45) is 1.87. The van der Waals surface area contributed by atoms with Crippen LogP contribution in [0.4, 0.5) is 0 Å². The Bertz CT molecular complexity index is 725. The minimum atomic E-state index is -0.0182. The zero-order valence-electron chi connectivity index (χ0n) is 12.2. The highest BCUT2D eigenvalue weighted by atomic mass is 16.7. The molecule has 1 fully saturated rings. The van der Waals surface area contributed by atoms with Crippen LogP contribution in [0.3, 0.4) is 0 Å². The molecule has 1 aromatic heterocycles. The van der Waals surface area contributed by atoms with E-state index in [1.165, 1.54) is 0 Å². The maximum atomic E-state index is 12.8. The lowest BCUT2D eigenvalue weighted by Crippen LogP contribution is -2.30. The van der Waals surface area contributed by atoms with Gasteiger partial charge in [-0.2, -0.15) is 0 Å². The molecular weight excluding hydrogens is 284 g/mol. The average Bonchev–Trinajstić information content (AvgIpc) is 3.25. The van der Waals surface area contributed by atoms with E-state index in [0.717, 1.165) is 30.8 Å². The van der Waals surface area contributed by atoms with Crippen molar-refractivity contribution in [3.63, 3.8) is 0 Å². The first kappa shape index (κ1) is 13.2. The molecule has 6 nitrogen and oxygen atoms in total. The summed E-state index contributed by atoms with van der Waals surface area (Å²) in [7, 11) is 0. The molecule has 0 N–H and O–H groups in total. The van der Waals surface area contributed by atoms with E-state index in [0.29, 0.717) is 17.1 Å². The van der Waals surface area contributed by atoms with Crippen LogP contribution in [0.5, 0.6) is 11.5 Å². The minimum absolute atomic E-state index is 0.0125. The van der Waals surface area contributed by atoms with E-state index in [1.54, 1.807) is 18.2 Å². The molecule has 0 aliphatic carbocycles. The number of benzene rings is 1. The Balaban J connectivity index is 1.61. The number of aromatic nitrogens is 1. The number of rotatable bonds is 2. The van der Waals surface area contributed by atoms with Gasteiger partial charge in [-0.3, -0.25) is 4.79 Å². The summed E-state index contributed by atoms with van der Waals surface area (Å²) in [5.41, 5.74) is 1.43. The van der Waals surface area contributed by atoms with Crippen LogP contribution in [0.25, 0.3) is 0 Å². The highest BCUT2D eigenvalue weighted by Gasteiger charge is 2.33. The third-order valence-electron chi connectivity index (χ3n) is 4.12. The average molecular weight is 300 g/mol. The molecule has 6 heteroatoms. The number of likely N-dealkylation sites (tertiary alicyclic amines) is 1. The van der Waals surface area contributed by atoms with E-state index in [4.69, 9.17) is 14.0 Å². The van der Waals surface area contributed by atoms with Crippen molar-refractivity contribution in [1.82, 2.24) is 10.1 Å². The summed E-state index contributed by atoms with van der Waals surface area (Å²) >= 11 is 0. The van der Waals surface area contributed by atoms with Crippen LogP contribution in [0.1, 0.15) is 40.7 Å². The van der Waals surface area contributed by atoms with Gasteiger partial charge in [-0.1, -0.05) is 5.16 Å². The number of ether oxygens (including phenoxy) is 2. The molecule has 1 amide bonds. The van der Waals surface area contributed by atoms with Crippen molar-refractivity contribution in [2.45, 2.75) is 25.8 Å². The fourth-order valence-electron chi connectivity index (χ4n) is 3.06. The van der Waals surface area contributed by atoms with Crippen LogP contribution in [0.2, 0.25) is 0 Å². The molecule has 0 spiro atoms. The normalized spacial score (nSPS) is 19.7. The lowest BCUT2D eigenvalue weighted by molar-refractivity contribution is 0.0730. The molecule has 0 radical (unpaired) electrons. The van der Waals surface area contributed by atoms with Crippen molar-refractivity contribution in [3.8, 4) is 11.5 Å². The van der Waals surface area contributed by atoms with Crippen LogP contribution in [0, 0.1) is 6.92 Å². The SMILES string of the molecule is Cc1cc([C@H]2CCCN2C(=O)c2ccc3c(c2)OCO3)no1. The van der Waals surface area contributed by atoms with Crippen LogP contribution >= 0.6 is 0 Å². The molecule has 0 bridgehead atoms. The molecule has 22 heavy (non-hydrogen) atoms. The smallest absolute Gasteiger partial charge is 0.254 e. The molecule has 1 saturated heterocycles. The van der Waals surface area contributed by atoms with Crippen LogP contribution in [-0.4, -0.2) is 29.3 Å². The largest absolute Gasteiger partial charge is 0.454 e. The number of nitrogens with zero attached hydrogens (tertiary/aromatic N) is 2. The number of carbonyl (C=O) groups is 1. The van der Waals surface area contributed by atoms with Crippen LogP contribution in [0.15, 0.2) is 28.8 Å². The Kier molecular flexibility index (Phi) is 3.03. The van der Waals surface area contributed by atoms with Crippen molar-refractivity contribution in [2.75, 3.05) is 13.3 Å². The third kappa shape index (κ3) is 2.11. The van der Waals surface area contributed by atoms with Gasteiger partial charge in [0, 0.05) is 18.2 Å². The Morgan fingerprint density at radius 1 is 1.27 bits per heavy atom. The Labute approximate surface area is 127 Å². The summed E-state index contributed by atoms with van der Waals surface area (Å²) in [5.74, 6) is 2.05. The highest BCUT2D eigenvalue weighted by molar-refractivity contribution is 5.95. The quantitative estimate of drug-likeness (QED) is 0.853. The van der Waals surface area contributed by atoms with Gasteiger partial charge in [-0.25, -0.2) is 0 Å². The topological polar surface area (TPSA) is 64.8 Å². The van der Waals surface area contributed by atoms with Crippen molar-refractivity contribution < 1.29 is 18.8 Å². The third-order valence-corrected chi connectivity index (χ3v) is 4.12. The standard InChI is InChI=1S/C16H16N2O4/c1-10-7-12(17-22-10)13-3-2-6-18(13)16(19)11-4-5-14-15(8-11)21-9-20-14/h4-5,7-8,13H,2-3,6,9H2,1H3/t13-/m1/s1. The number of fused-ring (bicyclic) bond motifs is 1. The summed E-state index contributed by atoms with van der Waals surface area (Å²) in [6.45, 7) is 2.79. The van der Waals surface area contributed by atoms with Gasteiger partial charge in [0.1, 0.15) is 11.5 Å². The molecule has 0 unspecified atom stereocenters. The molecule has 0 saturated carbocycles. The number of hydrogen-bond acceptors (Lipinski definition) is 5. The van der Waals surface area contributed by atoms with Gasteiger partial charge in [0.15, 0.2) is 11.5 Å². The summed E-state index contributed by atoms with van der Waals surface area (Å²) in [5, 5.41) is 4.07. The first-order chi connectivity index (χ1) is 10.7. The Hall–Kier alpha value is -2.50. The van der Waals surface area contributed by atoms with Crippen molar-refractivity contribution in [1.29, 1.82) is 0 Å². The van der Waals surface area contributed by atoms with Crippen molar-refractivity contribution >= 4 is 5.91 Å². The first-order valence-electron chi connectivity index (χ1n) is 7.36. The zero-order valence-corrected chi connectivity index (χ0v) is 12.2. The van der Waals surface area contributed by atoms with Gasteiger partial charge in [-0.15, -0.1) is 0 Å². The lowest BCUT2D eigenvalue weighted by Gasteiger charge is -2.23. The molecule has 1 aromatic carbocycles. The molecule has 2 aromatic rings. The van der Waals surface area contributed by atoms with Gasteiger partial charge in [0.05, 0.1) is 6.04 Å². The van der Waals surface area contributed by atoms with E-state index in [1.807, 2.05) is 17.9 Å². The second-order valence-corrected chi connectivity index (χ2v) is 5.59. The number of hydrogen-bond donors (Lipinski definition) is 0. The summed E-state index contributed by atoms with van der Waals surface area (Å²) < 4.78 is 15.8. The van der Waals surface area contributed by atoms with E-state index >= 15 is 0 Å². The highest BCUT2D eigenvalue weighted by Crippen LogP contribution is 2.36. The predicted molar refractivity (Wildman–Crippen MR) is 76.8 cm³/mol. The lowest BCUT2D eigenvalue weighted by atomic mass is 10.1. The Morgan fingerprint density at radius 3 is 2.95 bits per heavy atom. The molecule has 4 rings (SSSR count). The summed E-state index contributed by atoms with van der Waals surface area (Å²) in [4.78, 5) is 14.7. The van der Waals surface area contributed by atoms with Gasteiger partial charge in [0.25, 0.3) is 5.91 Å². The fourth-order valence-corrected chi connectivity index (χ4v) is 3.06. The monoisotopic (exact) mass is 300 g/mol. The van der Waals surface area contributed by atoms with Gasteiger partial charge < -0.3 is 18.9 Å². The van der Waals surface area contributed by atoms with E-state index < -0.39 is 0 Å². The molecule has 1 atom stereocenters. The molecule has 2 aliphatic heterocycles. The van der Waals surface area contributed by atoms with Gasteiger partial charge in [-0.05, 0) is 38.0 Å². The second-order valence-electron chi connectivity index (χ2n) is 5.59. The minimum Gasteiger partial charge on any atom is -0.454 e. The molecule has 3 heterocycles. The van der Waals surface area contributed by atoms with E-state index in [2.05, 4.69) is 5.16 Å². The van der Waals surface area contributed by atoms with Crippen LogP contribution < -0.4 is 9.47 Å². The Morgan fingerprint density at radius 2 is 2.14 bits per heavy atom. The number of aryl methyl sites for hydroxylation is 1. The molecule has 2 aliphatic rings. The van der Waals surface area contributed by atoms with Gasteiger partial charge in [0.2, 0.25) is 6.79 Å². The van der Waals surface area contributed by atoms with Crippen molar-refractivity contribution in [3.05, 3.63) is 41.3 Å². The fraction of sp³-hybridized carbons (Fsp3) is 0.375. The van der Waals surface area contributed by atoms with Gasteiger partial charge >= 0.3 is 0 Å². The van der Waals surface area contributed by atoms with E-state index in [-0.39, 0.29) is 18.7 Å². The van der Waals surface area contributed by atoms with E-state index in [9.17, 15) is 4.79 Å². The zero-order chi connectivity index (χ0) is 15.1. The number of carbonyl (C=O) groups excluding carboxylic acids is 1. The second kappa shape index (κ2) is 5.05. The predicted octanol–water partition coefficient (Wildman–Crippen LogP) is 2.69. The van der Waals surface area contributed by atoms with Crippen molar-refractivity contribution in [2.24, 2.45) is 0 Å². The molecular formula is C16H16N2O4. The number of amides is 1. The summed E-state index contributed by atoms with van der Waals surface area (Å²) in [6, 6.07) is 7.18. The maximum Gasteiger partial charge on any atom is 0.254 e. The first-order valence-corrected chi connectivity index (χ1v) is 7.36.